The Hall–Kier alpha value is -2.90. The molecule has 0 bridgehead atoms. The van der Waals surface area contributed by atoms with Crippen molar-refractivity contribution < 1.29 is 9.90 Å². The zero-order valence-electron chi connectivity index (χ0n) is 18.0. The van der Waals surface area contributed by atoms with Crippen molar-refractivity contribution in [1.82, 2.24) is 19.9 Å². The Kier molecular flexibility index (Phi) is 7.65. The maximum Gasteiger partial charge on any atom is 0.253 e. The highest BCUT2D eigenvalue weighted by Gasteiger charge is 2.17. The number of aliphatic hydroxyl groups excluding tert-OH is 1. The Morgan fingerprint density at radius 2 is 2.03 bits per heavy atom. The molecule has 1 aromatic carbocycles. The van der Waals surface area contributed by atoms with E-state index in [1.54, 1.807) is 47.4 Å². The number of aliphatic hydroxyl groups is 1. The summed E-state index contributed by atoms with van der Waals surface area (Å²) in [6.45, 7) is 5.94. The van der Waals surface area contributed by atoms with Crippen molar-refractivity contribution in [2.45, 2.75) is 45.7 Å². The molecule has 0 saturated carbocycles. The number of nitrogens with one attached hydrogen (secondary N) is 2. The molecule has 0 fully saturated rings. The van der Waals surface area contributed by atoms with E-state index in [0.717, 1.165) is 24.0 Å². The molecule has 164 valence electrons. The molecule has 3 rings (SSSR count). The number of halogens is 1. The smallest absolute Gasteiger partial charge is 0.253 e. The summed E-state index contributed by atoms with van der Waals surface area (Å²) in [6, 6.07) is 8.56. The number of hydrogen-bond donors (Lipinski definition) is 3. The van der Waals surface area contributed by atoms with Crippen molar-refractivity contribution in [2.24, 2.45) is 0 Å². The molecular formula is C23H28ClN5O2. The monoisotopic (exact) mass is 441 g/mol. The maximum absolute atomic E-state index is 12.8. The summed E-state index contributed by atoms with van der Waals surface area (Å²) < 4.78 is 1.80. The summed E-state index contributed by atoms with van der Waals surface area (Å²) >= 11 is 6.03. The van der Waals surface area contributed by atoms with Gasteiger partial charge in [0.05, 0.1) is 18.2 Å². The number of carbonyl (C=O) groups excluding carboxylic acids is 1. The van der Waals surface area contributed by atoms with Crippen LogP contribution in [0.1, 0.15) is 54.2 Å². The van der Waals surface area contributed by atoms with E-state index in [0.29, 0.717) is 28.4 Å². The molecule has 8 heteroatoms. The zero-order chi connectivity index (χ0) is 22.4. The minimum atomic E-state index is -0.550. The Morgan fingerprint density at radius 1 is 1.26 bits per heavy atom. The van der Waals surface area contributed by atoms with E-state index >= 15 is 0 Å². The van der Waals surface area contributed by atoms with E-state index in [-0.39, 0.29) is 12.5 Å². The van der Waals surface area contributed by atoms with E-state index in [4.69, 9.17) is 11.6 Å². The van der Waals surface area contributed by atoms with Crippen molar-refractivity contribution in [2.75, 3.05) is 11.9 Å². The van der Waals surface area contributed by atoms with E-state index in [1.165, 1.54) is 0 Å². The third-order valence-corrected chi connectivity index (χ3v) is 5.44. The molecule has 3 N–H and O–H groups in total. The average Bonchev–Trinajstić information content (AvgIpc) is 3.27. The standard InChI is InChI=1S/C23H28ClN5O2/c1-4-19(5-2)26-23-25-12-15(3)21(28-23)29-10-9-17(13-29)22(31)27-20(14-30)16-7-6-8-18(24)11-16/h6-13,19-20,30H,4-5,14H2,1-3H3,(H,27,31)(H,25,26,28)/t20-/m0/s1. The summed E-state index contributed by atoms with van der Waals surface area (Å²) in [4.78, 5) is 21.8. The van der Waals surface area contributed by atoms with Crippen molar-refractivity contribution in [3.05, 3.63) is 70.6 Å². The Morgan fingerprint density at radius 3 is 2.71 bits per heavy atom. The second kappa shape index (κ2) is 10.4. The van der Waals surface area contributed by atoms with Crippen LogP contribution in [0.2, 0.25) is 5.02 Å². The maximum atomic E-state index is 12.8. The van der Waals surface area contributed by atoms with Gasteiger partial charge in [0, 0.05) is 35.2 Å². The lowest BCUT2D eigenvalue weighted by Crippen LogP contribution is -2.30. The number of rotatable bonds is 9. The minimum absolute atomic E-state index is 0.233. The molecule has 31 heavy (non-hydrogen) atoms. The molecular weight excluding hydrogens is 414 g/mol. The molecule has 2 heterocycles. The number of carbonyl (C=O) groups is 1. The van der Waals surface area contributed by atoms with Crippen LogP contribution in [-0.2, 0) is 0 Å². The summed E-state index contributed by atoms with van der Waals surface area (Å²) in [6.07, 6.45) is 7.25. The van der Waals surface area contributed by atoms with Crippen molar-refractivity contribution in [3.8, 4) is 5.82 Å². The number of amides is 1. The molecule has 2 aromatic heterocycles. The van der Waals surface area contributed by atoms with E-state index in [2.05, 4.69) is 34.4 Å². The van der Waals surface area contributed by atoms with Gasteiger partial charge in [0.1, 0.15) is 5.82 Å². The number of anilines is 1. The van der Waals surface area contributed by atoms with Crippen LogP contribution in [0.3, 0.4) is 0 Å². The topological polar surface area (TPSA) is 92.1 Å². The lowest BCUT2D eigenvalue weighted by atomic mass is 10.1. The first-order chi connectivity index (χ1) is 14.9. The van der Waals surface area contributed by atoms with Crippen LogP contribution < -0.4 is 10.6 Å². The van der Waals surface area contributed by atoms with Gasteiger partial charge in [0.15, 0.2) is 0 Å². The zero-order valence-corrected chi connectivity index (χ0v) is 18.7. The number of aryl methyl sites for hydroxylation is 1. The lowest BCUT2D eigenvalue weighted by Gasteiger charge is -2.17. The highest BCUT2D eigenvalue weighted by molar-refractivity contribution is 6.30. The normalized spacial score (nSPS) is 12.1. The van der Waals surface area contributed by atoms with E-state index < -0.39 is 6.04 Å². The number of benzene rings is 1. The molecule has 7 nitrogen and oxygen atoms in total. The van der Waals surface area contributed by atoms with Gasteiger partial charge in [0.2, 0.25) is 5.95 Å². The van der Waals surface area contributed by atoms with Gasteiger partial charge in [-0.3, -0.25) is 4.79 Å². The van der Waals surface area contributed by atoms with Gasteiger partial charge in [-0.1, -0.05) is 37.6 Å². The largest absolute Gasteiger partial charge is 0.394 e. The molecule has 0 radical (unpaired) electrons. The van der Waals surface area contributed by atoms with Crippen LogP contribution in [0.25, 0.3) is 5.82 Å². The van der Waals surface area contributed by atoms with Crippen molar-refractivity contribution in [3.63, 3.8) is 0 Å². The van der Waals surface area contributed by atoms with Gasteiger partial charge in [-0.25, -0.2) is 4.98 Å². The molecule has 1 amide bonds. The number of hydrogen-bond acceptors (Lipinski definition) is 5. The predicted octanol–water partition coefficient (Wildman–Crippen LogP) is 4.29. The third-order valence-electron chi connectivity index (χ3n) is 5.20. The Labute approximate surface area is 187 Å². The average molecular weight is 442 g/mol. The third kappa shape index (κ3) is 5.62. The lowest BCUT2D eigenvalue weighted by molar-refractivity contribution is 0.0916. The fourth-order valence-corrected chi connectivity index (χ4v) is 3.50. The van der Waals surface area contributed by atoms with Gasteiger partial charge in [-0.2, -0.15) is 4.98 Å². The first-order valence-electron chi connectivity index (χ1n) is 10.4. The molecule has 0 aliphatic heterocycles. The van der Waals surface area contributed by atoms with E-state index in [1.807, 2.05) is 13.0 Å². The summed E-state index contributed by atoms with van der Waals surface area (Å²) in [5.41, 5.74) is 2.10. The molecule has 0 aliphatic carbocycles. The van der Waals surface area contributed by atoms with Crippen LogP contribution in [0.4, 0.5) is 5.95 Å². The highest BCUT2D eigenvalue weighted by atomic mass is 35.5. The molecule has 0 saturated heterocycles. The van der Waals surface area contributed by atoms with E-state index in [9.17, 15) is 9.90 Å². The van der Waals surface area contributed by atoms with Gasteiger partial charge in [0.25, 0.3) is 5.91 Å². The SMILES string of the molecule is CCC(CC)Nc1ncc(C)c(-n2ccc(C(=O)N[C@@H](CO)c3cccc(Cl)c3)c2)n1. The first kappa shape index (κ1) is 22.8. The Bertz CT molecular complexity index is 1030. The molecule has 0 spiro atoms. The van der Waals surface area contributed by atoms with Gasteiger partial charge >= 0.3 is 0 Å². The van der Waals surface area contributed by atoms with Crippen LogP contribution in [0.15, 0.2) is 48.9 Å². The Balaban J connectivity index is 1.78. The molecule has 3 aromatic rings. The van der Waals surface area contributed by atoms with Gasteiger partial charge < -0.3 is 20.3 Å². The molecule has 1 atom stereocenters. The van der Waals surface area contributed by atoms with Crippen LogP contribution in [0.5, 0.6) is 0 Å². The van der Waals surface area contributed by atoms with Gasteiger partial charge in [-0.15, -0.1) is 0 Å². The number of aromatic nitrogens is 3. The summed E-state index contributed by atoms with van der Waals surface area (Å²) in [5, 5.41) is 16.5. The number of nitrogens with zero attached hydrogens (tertiary/aromatic N) is 3. The van der Waals surface area contributed by atoms with Crippen LogP contribution in [0, 0.1) is 6.92 Å². The first-order valence-corrected chi connectivity index (χ1v) is 10.8. The summed E-state index contributed by atoms with van der Waals surface area (Å²) in [5.74, 6) is 0.978. The molecule has 0 unspecified atom stereocenters. The highest BCUT2D eigenvalue weighted by Crippen LogP contribution is 2.19. The predicted molar refractivity (Wildman–Crippen MR) is 123 cm³/mol. The van der Waals surface area contributed by atoms with Gasteiger partial charge in [-0.05, 0) is 43.5 Å². The summed E-state index contributed by atoms with van der Waals surface area (Å²) in [7, 11) is 0. The van der Waals surface area contributed by atoms with Crippen LogP contribution >= 0.6 is 11.6 Å². The van der Waals surface area contributed by atoms with Crippen molar-refractivity contribution >= 4 is 23.5 Å². The fourth-order valence-electron chi connectivity index (χ4n) is 3.30. The second-order valence-electron chi connectivity index (χ2n) is 7.43. The second-order valence-corrected chi connectivity index (χ2v) is 7.87. The quantitative estimate of drug-likeness (QED) is 0.460. The fraction of sp³-hybridized carbons (Fsp3) is 0.348. The van der Waals surface area contributed by atoms with Crippen molar-refractivity contribution in [1.29, 1.82) is 0 Å². The van der Waals surface area contributed by atoms with Crippen LogP contribution in [-0.4, -0.2) is 38.2 Å². The minimum Gasteiger partial charge on any atom is -0.394 e. The molecule has 0 aliphatic rings.